The molecule has 1 heteroatoms. The molecule has 1 aliphatic heterocycles. The molecule has 4 atom stereocenters. The first kappa shape index (κ1) is 8.55. The van der Waals surface area contributed by atoms with Crippen LogP contribution in [0.2, 0.25) is 0 Å². The van der Waals surface area contributed by atoms with E-state index < -0.39 is 0 Å². The Hall–Kier alpha value is -0.0400. The molecule has 0 amide bonds. The molecule has 2 bridgehead atoms. The summed E-state index contributed by atoms with van der Waals surface area (Å²) in [4.78, 5) is 2.59. The van der Waals surface area contributed by atoms with E-state index in [1.54, 1.807) is 0 Å². The molecule has 12 heavy (non-hydrogen) atoms. The van der Waals surface area contributed by atoms with Gasteiger partial charge < -0.3 is 4.90 Å². The monoisotopic (exact) mass is 167 g/mol. The minimum Gasteiger partial charge on any atom is -0.300 e. The second kappa shape index (κ2) is 2.73. The van der Waals surface area contributed by atoms with Gasteiger partial charge in [0.15, 0.2) is 0 Å². The molecule has 0 N–H and O–H groups in total. The van der Waals surface area contributed by atoms with E-state index in [9.17, 15) is 0 Å². The number of hydrogen-bond acceptors (Lipinski definition) is 1. The van der Waals surface area contributed by atoms with Crippen LogP contribution in [0.3, 0.4) is 0 Å². The van der Waals surface area contributed by atoms with E-state index in [0.29, 0.717) is 0 Å². The van der Waals surface area contributed by atoms with E-state index in [2.05, 4.69) is 32.7 Å². The highest BCUT2D eigenvalue weighted by Gasteiger charge is 2.48. The van der Waals surface area contributed by atoms with Gasteiger partial charge in [-0.15, -0.1) is 0 Å². The molecular formula is C11H21N. The van der Waals surface area contributed by atoms with Gasteiger partial charge in [-0.1, -0.05) is 13.8 Å². The van der Waals surface area contributed by atoms with Crippen molar-refractivity contribution in [3.05, 3.63) is 0 Å². The van der Waals surface area contributed by atoms with Gasteiger partial charge in [0, 0.05) is 12.1 Å². The average Bonchev–Trinajstić information content (AvgIpc) is 2.53. The van der Waals surface area contributed by atoms with Crippen molar-refractivity contribution in [1.29, 1.82) is 0 Å². The van der Waals surface area contributed by atoms with Crippen molar-refractivity contribution in [3.63, 3.8) is 0 Å². The third kappa shape index (κ3) is 1.02. The molecule has 1 nitrogen and oxygen atoms in total. The highest BCUT2D eigenvalue weighted by molar-refractivity contribution is 5.01. The van der Waals surface area contributed by atoms with Crippen LogP contribution >= 0.6 is 0 Å². The maximum Gasteiger partial charge on any atom is 0.0101 e. The largest absolute Gasteiger partial charge is 0.300 e. The zero-order chi connectivity index (χ0) is 8.88. The number of fused-ring (bicyclic) bond motifs is 2. The minimum absolute atomic E-state index is 0.844. The average molecular weight is 167 g/mol. The van der Waals surface area contributed by atoms with Crippen molar-refractivity contribution < 1.29 is 0 Å². The first-order valence-corrected chi connectivity index (χ1v) is 5.33. The Labute approximate surface area is 76.1 Å². The van der Waals surface area contributed by atoms with Gasteiger partial charge in [-0.2, -0.15) is 0 Å². The number of rotatable bonds is 1. The van der Waals surface area contributed by atoms with Crippen LogP contribution in [0, 0.1) is 17.8 Å². The lowest BCUT2D eigenvalue weighted by molar-refractivity contribution is 0.119. The van der Waals surface area contributed by atoms with Crippen LogP contribution in [0.4, 0.5) is 0 Å². The lowest BCUT2D eigenvalue weighted by atomic mass is 9.81. The number of hydrogen-bond donors (Lipinski definition) is 0. The zero-order valence-electron chi connectivity index (χ0n) is 8.75. The molecular weight excluding hydrogens is 146 g/mol. The van der Waals surface area contributed by atoms with Crippen molar-refractivity contribution in [2.24, 2.45) is 17.8 Å². The Kier molecular flexibility index (Phi) is 1.95. The van der Waals surface area contributed by atoms with Gasteiger partial charge in [-0.25, -0.2) is 0 Å². The Bertz CT molecular complexity index is 174. The fraction of sp³-hybridized carbons (Fsp3) is 1.00. The SMILES string of the molecule is CC(C)C1CC2CC1[C@@H](C)N2C. The van der Waals surface area contributed by atoms with E-state index in [1.165, 1.54) is 12.8 Å². The van der Waals surface area contributed by atoms with Gasteiger partial charge >= 0.3 is 0 Å². The van der Waals surface area contributed by atoms with Crippen molar-refractivity contribution in [2.45, 2.75) is 45.7 Å². The van der Waals surface area contributed by atoms with E-state index in [1.807, 2.05) is 0 Å². The molecule has 1 heterocycles. The standard InChI is InChI=1S/C11H21N/c1-7(2)10-5-9-6-11(10)8(3)12(9)4/h7-11H,5-6H2,1-4H3/t8-,9?,10?,11?/m1/s1. The number of nitrogens with zero attached hydrogens (tertiary/aromatic N) is 1. The second-order valence-corrected chi connectivity index (χ2v) is 5.10. The maximum atomic E-state index is 2.59. The fourth-order valence-corrected chi connectivity index (χ4v) is 3.36. The molecule has 0 aromatic rings. The topological polar surface area (TPSA) is 3.24 Å². The van der Waals surface area contributed by atoms with Crippen LogP contribution in [0.5, 0.6) is 0 Å². The molecule has 2 rings (SSSR count). The highest BCUT2D eigenvalue weighted by Crippen LogP contribution is 2.48. The van der Waals surface area contributed by atoms with Crippen LogP contribution < -0.4 is 0 Å². The molecule has 70 valence electrons. The quantitative estimate of drug-likeness (QED) is 0.579. The number of piperidine rings is 1. The lowest BCUT2D eigenvalue weighted by Gasteiger charge is -2.36. The fourth-order valence-electron chi connectivity index (χ4n) is 3.36. The molecule has 0 radical (unpaired) electrons. The van der Waals surface area contributed by atoms with Gasteiger partial charge in [-0.05, 0) is 44.6 Å². The molecule has 2 fully saturated rings. The summed E-state index contributed by atoms with van der Waals surface area (Å²) in [6, 6.07) is 1.76. The molecule has 3 unspecified atom stereocenters. The summed E-state index contributed by atoms with van der Waals surface area (Å²) in [6.45, 7) is 7.18. The summed E-state index contributed by atoms with van der Waals surface area (Å²) in [6.07, 6.45) is 2.93. The van der Waals surface area contributed by atoms with Gasteiger partial charge in [0.05, 0.1) is 0 Å². The Morgan fingerprint density at radius 2 is 1.92 bits per heavy atom. The van der Waals surface area contributed by atoms with Crippen LogP contribution in [0.1, 0.15) is 33.6 Å². The lowest BCUT2D eigenvalue weighted by Crippen LogP contribution is -2.40. The summed E-state index contributed by atoms with van der Waals surface area (Å²) in [5.41, 5.74) is 0. The zero-order valence-corrected chi connectivity index (χ0v) is 8.75. The van der Waals surface area contributed by atoms with Gasteiger partial charge in [0.1, 0.15) is 0 Å². The van der Waals surface area contributed by atoms with Crippen molar-refractivity contribution in [3.8, 4) is 0 Å². The summed E-state index contributed by atoms with van der Waals surface area (Å²) in [7, 11) is 2.30. The molecule has 1 saturated heterocycles. The minimum atomic E-state index is 0.844. The third-order valence-electron chi connectivity index (χ3n) is 4.33. The normalized spacial score (nSPS) is 47.8. The molecule has 0 aromatic carbocycles. The summed E-state index contributed by atoms with van der Waals surface area (Å²) in [5, 5.41) is 0. The number of likely N-dealkylation sites (tertiary alicyclic amines) is 1. The molecule has 0 spiro atoms. The summed E-state index contributed by atoms with van der Waals surface area (Å²) in [5.74, 6) is 2.91. The first-order valence-electron chi connectivity index (χ1n) is 5.33. The Morgan fingerprint density at radius 3 is 2.33 bits per heavy atom. The van der Waals surface area contributed by atoms with Crippen LogP contribution in [-0.4, -0.2) is 24.0 Å². The Balaban J connectivity index is 2.10. The van der Waals surface area contributed by atoms with Crippen molar-refractivity contribution in [1.82, 2.24) is 4.90 Å². The molecule has 1 aliphatic carbocycles. The molecule has 2 aliphatic rings. The smallest absolute Gasteiger partial charge is 0.0101 e. The van der Waals surface area contributed by atoms with E-state index in [-0.39, 0.29) is 0 Å². The van der Waals surface area contributed by atoms with E-state index >= 15 is 0 Å². The third-order valence-corrected chi connectivity index (χ3v) is 4.33. The maximum absolute atomic E-state index is 2.59. The summed E-state index contributed by atoms with van der Waals surface area (Å²) < 4.78 is 0. The van der Waals surface area contributed by atoms with Crippen molar-refractivity contribution in [2.75, 3.05) is 7.05 Å². The highest BCUT2D eigenvalue weighted by atomic mass is 15.2. The van der Waals surface area contributed by atoms with E-state index in [0.717, 1.165) is 29.8 Å². The van der Waals surface area contributed by atoms with Crippen LogP contribution in [-0.2, 0) is 0 Å². The van der Waals surface area contributed by atoms with Crippen LogP contribution in [0.15, 0.2) is 0 Å². The molecule has 0 aromatic heterocycles. The van der Waals surface area contributed by atoms with Gasteiger partial charge in [0.2, 0.25) is 0 Å². The molecule has 1 saturated carbocycles. The summed E-state index contributed by atoms with van der Waals surface area (Å²) >= 11 is 0. The second-order valence-electron chi connectivity index (χ2n) is 5.10. The predicted molar refractivity (Wildman–Crippen MR) is 52.1 cm³/mol. The van der Waals surface area contributed by atoms with Gasteiger partial charge in [0.25, 0.3) is 0 Å². The van der Waals surface area contributed by atoms with Crippen LogP contribution in [0.25, 0.3) is 0 Å². The van der Waals surface area contributed by atoms with Crippen molar-refractivity contribution >= 4 is 0 Å². The first-order chi connectivity index (χ1) is 5.61. The predicted octanol–water partition coefficient (Wildman–Crippen LogP) is 2.37. The van der Waals surface area contributed by atoms with Gasteiger partial charge in [-0.3, -0.25) is 0 Å². The Morgan fingerprint density at radius 1 is 1.25 bits per heavy atom. The van der Waals surface area contributed by atoms with E-state index in [4.69, 9.17) is 0 Å².